The Morgan fingerprint density at radius 1 is 1.00 bits per heavy atom. The summed E-state index contributed by atoms with van der Waals surface area (Å²) in [4.78, 5) is 35.5. The highest BCUT2D eigenvalue weighted by atomic mass is 19.1. The van der Waals surface area contributed by atoms with Gasteiger partial charge in [-0.2, -0.15) is 0 Å². The topological polar surface area (TPSA) is 72.5 Å². The molecule has 0 heterocycles. The van der Waals surface area contributed by atoms with Crippen LogP contribution >= 0.6 is 0 Å². The summed E-state index contributed by atoms with van der Waals surface area (Å²) < 4.78 is 18.3. The van der Waals surface area contributed by atoms with Crippen LogP contribution < -0.4 is 5.32 Å². The van der Waals surface area contributed by atoms with Gasteiger partial charge in [0, 0.05) is 12.0 Å². The van der Waals surface area contributed by atoms with Crippen LogP contribution in [0, 0.1) is 5.82 Å². The summed E-state index contributed by atoms with van der Waals surface area (Å²) in [6.07, 6.45) is 1.86. The summed E-state index contributed by atoms with van der Waals surface area (Å²) in [5, 5.41) is 2.31. The predicted octanol–water partition coefficient (Wildman–Crippen LogP) is 3.92. The van der Waals surface area contributed by atoms with Gasteiger partial charge in [0.05, 0.1) is 12.1 Å². The largest absolute Gasteiger partial charge is 0.456 e. The van der Waals surface area contributed by atoms with Crippen LogP contribution in [-0.4, -0.2) is 24.3 Å². The molecule has 5 nitrogen and oxygen atoms in total. The first-order valence-electron chi connectivity index (χ1n) is 8.81. The van der Waals surface area contributed by atoms with Gasteiger partial charge in [0.2, 0.25) is 0 Å². The van der Waals surface area contributed by atoms with Crippen LogP contribution in [0.4, 0.5) is 10.1 Å². The third-order valence-electron chi connectivity index (χ3n) is 3.88. The van der Waals surface area contributed by atoms with E-state index in [9.17, 15) is 18.8 Å². The number of benzene rings is 2. The van der Waals surface area contributed by atoms with Crippen molar-refractivity contribution in [3.05, 3.63) is 65.5 Å². The molecule has 27 heavy (non-hydrogen) atoms. The molecule has 0 fully saturated rings. The van der Waals surface area contributed by atoms with E-state index < -0.39 is 24.3 Å². The van der Waals surface area contributed by atoms with E-state index in [1.54, 1.807) is 18.2 Å². The summed E-state index contributed by atoms with van der Waals surface area (Å²) in [5.41, 5.74) is 1.72. The monoisotopic (exact) mass is 371 g/mol. The molecule has 0 spiro atoms. The standard InChI is InChI=1S/C21H22FNO4/c1-2-5-15-8-10-16(11-9-15)19(24)12-13-21(26)27-14-20(25)23-18-7-4-3-6-17(18)22/h3-4,6-11H,2,5,12-14H2,1H3,(H,23,25). The fourth-order valence-electron chi connectivity index (χ4n) is 2.47. The predicted molar refractivity (Wildman–Crippen MR) is 100.0 cm³/mol. The Kier molecular flexibility index (Phi) is 7.67. The van der Waals surface area contributed by atoms with E-state index in [-0.39, 0.29) is 24.3 Å². The highest BCUT2D eigenvalue weighted by Gasteiger charge is 2.13. The van der Waals surface area contributed by atoms with Crippen molar-refractivity contribution < 1.29 is 23.5 Å². The molecule has 0 aliphatic heterocycles. The van der Waals surface area contributed by atoms with Crippen LogP contribution in [0.15, 0.2) is 48.5 Å². The van der Waals surface area contributed by atoms with Gasteiger partial charge in [-0.05, 0) is 24.1 Å². The minimum absolute atomic E-state index is 0.000883. The fourth-order valence-corrected chi connectivity index (χ4v) is 2.47. The molecule has 1 amide bonds. The summed E-state index contributed by atoms with van der Waals surface area (Å²) in [6, 6.07) is 13.0. The zero-order valence-corrected chi connectivity index (χ0v) is 15.2. The van der Waals surface area contributed by atoms with E-state index >= 15 is 0 Å². The van der Waals surface area contributed by atoms with Gasteiger partial charge < -0.3 is 10.1 Å². The van der Waals surface area contributed by atoms with Crippen molar-refractivity contribution in [2.45, 2.75) is 32.6 Å². The minimum Gasteiger partial charge on any atom is -0.456 e. The van der Waals surface area contributed by atoms with E-state index in [4.69, 9.17) is 4.74 Å². The smallest absolute Gasteiger partial charge is 0.306 e. The number of esters is 1. The summed E-state index contributed by atoms with van der Waals surface area (Å²) >= 11 is 0. The van der Waals surface area contributed by atoms with Crippen molar-refractivity contribution in [2.75, 3.05) is 11.9 Å². The highest BCUT2D eigenvalue weighted by molar-refractivity contribution is 5.98. The van der Waals surface area contributed by atoms with Crippen molar-refractivity contribution in [2.24, 2.45) is 0 Å². The average molecular weight is 371 g/mol. The number of aryl methyl sites for hydroxylation is 1. The molecular weight excluding hydrogens is 349 g/mol. The minimum atomic E-state index is -0.658. The normalized spacial score (nSPS) is 10.3. The van der Waals surface area contributed by atoms with E-state index in [1.165, 1.54) is 18.2 Å². The number of ether oxygens (including phenoxy) is 1. The van der Waals surface area contributed by atoms with Crippen molar-refractivity contribution in [1.82, 2.24) is 0 Å². The number of amides is 1. The molecule has 0 aromatic heterocycles. The number of carbonyl (C=O) groups excluding carboxylic acids is 3. The molecule has 2 aromatic rings. The lowest BCUT2D eigenvalue weighted by Gasteiger charge is -2.07. The van der Waals surface area contributed by atoms with Crippen LogP contribution in [0.1, 0.15) is 42.1 Å². The molecule has 0 saturated carbocycles. The molecular formula is C21H22FNO4. The highest BCUT2D eigenvalue weighted by Crippen LogP contribution is 2.12. The summed E-state index contributed by atoms with van der Waals surface area (Å²) in [6.45, 7) is 1.55. The first kappa shape index (κ1) is 20.3. The molecule has 0 aliphatic carbocycles. The Bertz CT molecular complexity index is 802. The van der Waals surface area contributed by atoms with Crippen molar-refractivity contribution in [1.29, 1.82) is 0 Å². The zero-order chi connectivity index (χ0) is 19.6. The maximum atomic E-state index is 13.4. The number of rotatable bonds is 9. The molecule has 142 valence electrons. The van der Waals surface area contributed by atoms with Gasteiger partial charge in [0.15, 0.2) is 12.4 Å². The zero-order valence-electron chi connectivity index (χ0n) is 15.2. The first-order chi connectivity index (χ1) is 13.0. The van der Waals surface area contributed by atoms with Gasteiger partial charge in [-0.25, -0.2) is 4.39 Å². The van der Waals surface area contributed by atoms with Gasteiger partial charge >= 0.3 is 5.97 Å². The number of hydrogen-bond donors (Lipinski definition) is 1. The van der Waals surface area contributed by atoms with Crippen molar-refractivity contribution in [3.63, 3.8) is 0 Å². The van der Waals surface area contributed by atoms with E-state index in [1.807, 2.05) is 12.1 Å². The number of halogens is 1. The van der Waals surface area contributed by atoms with Crippen LogP contribution in [0.2, 0.25) is 0 Å². The van der Waals surface area contributed by atoms with Crippen molar-refractivity contribution in [3.8, 4) is 0 Å². The molecule has 6 heteroatoms. The number of carbonyl (C=O) groups is 3. The Labute approximate surface area is 157 Å². The second kappa shape index (κ2) is 10.2. The molecule has 0 aliphatic rings. The van der Waals surface area contributed by atoms with Gasteiger partial charge in [-0.3, -0.25) is 14.4 Å². The Morgan fingerprint density at radius 3 is 2.37 bits per heavy atom. The van der Waals surface area contributed by atoms with Gasteiger partial charge in [-0.15, -0.1) is 0 Å². The molecule has 0 saturated heterocycles. The molecule has 1 N–H and O–H groups in total. The van der Waals surface area contributed by atoms with Crippen LogP contribution in [0.5, 0.6) is 0 Å². The second-order valence-corrected chi connectivity index (χ2v) is 6.06. The maximum Gasteiger partial charge on any atom is 0.306 e. The third-order valence-corrected chi connectivity index (χ3v) is 3.88. The Balaban J connectivity index is 1.73. The second-order valence-electron chi connectivity index (χ2n) is 6.06. The van der Waals surface area contributed by atoms with E-state index in [2.05, 4.69) is 12.2 Å². The molecule has 0 bridgehead atoms. The van der Waals surface area contributed by atoms with Crippen molar-refractivity contribution >= 4 is 23.3 Å². The number of anilines is 1. The summed E-state index contributed by atoms with van der Waals surface area (Å²) in [5.74, 6) is -2.04. The van der Waals surface area contributed by atoms with Gasteiger partial charge in [-0.1, -0.05) is 49.7 Å². The molecule has 0 unspecified atom stereocenters. The van der Waals surface area contributed by atoms with E-state index in [0.29, 0.717) is 5.56 Å². The summed E-state index contributed by atoms with van der Waals surface area (Å²) in [7, 11) is 0. The maximum absolute atomic E-state index is 13.4. The molecule has 2 aromatic carbocycles. The molecule has 2 rings (SSSR count). The number of Topliss-reactive ketones (excluding diaryl/α,β-unsaturated/α-hetero) is 1. The Morgan fingerprint density at radius 2 is 1.70 bits per heavy atom. The van der Waals surface area contributed by atoms with Crippen LogP contribution in [0.3, 0.4) is 0 Å². The first-order valence-corrected chi connectivity index (χ1v) is 8.81. The van der Waals surface area contributed by atoms with Crippen LogP contribution in [-0.2, 0) is 20.7 Å². The fraction of sp³-hybridized carbons (Fsp3) is 0.286. The Hall–Kier alpha value is -3.02. The number of ketones is 1. The number of nitrogens with one attached hydrogen (secondary N) is 1. The van der Waals surface area contributed by atoms with E-state index in [0.717, 1.165) is 18.4 Å². The average Bonchev–Trinajstić information content (AvgIpc) is 2.67. The number of hydrogen-bond acceptors (Lipinski definition) is 4. The van der Waals surface area contributed by atoms with Gasteiger partial charge in [0.1, 0.15) is 5.82 Å². The SMILES string of the molecule is CCCc1ccc(C(=O)CCC(=O)OCC(=O)Nc2ccccc2F)cc1. The molecule has 0 radical (unpaired) electrons. The molecule has 0 atom stereocenters. The lowest BCUT2D eigenvalue weighted by atomic mass is 10.0. The van der Waals surface area contributed by atoms with Crippen LogP contribution in [0.25, 0.3) is 0 Å². The number of para-hydroxylation sites is 1. The third kappa shape index (κ3) is 6.66. The quantitative estimate of drug-likeness (QED) is 0.536. The lowest BCUT2D eigenvalue weighted by molar-refractivity contribution is -0.147. The van der Waals surface area contributed by atoms with Gasteiger partial charge in [0.25, 0.3) is 5.91 Å². The lowest BCUT2D eigenvalue weighted by Crippen LogP contribution is -2.21.